The number of Topliss-reactive ketones (excluding diaryl/α,β-unsaturated/α-hetero) is 1. The summed E-state index contributed by atoms with van der Waals surface area (Å²) >= 11 is 0. The van der Waals surface area contributed by atoms with Crippen molar-refractivity contribution >= 4 is 17.6 Å². The summed E-state index contributed by atoms with van der Waals surface area (Å²) < 4.78 is 0. The maximum Gasteiger partial charge on any atom is 0.245 e. The quantitative estimate of drug-likeness (QED) is 0.323. The third-order valence-electron chi connectivity index (χ3n) is 4.54. The Kier molecular flexibility index (Phi) is 10.4. The number of hydrogen-bond donors (Lipinski definition) is 5. The highest BCUT2D eigenvalue weighted by molar-refractivity contribution is 5.92. The van der Waals surface area contributed by atoms with E-state index in [1.807, 2.05) is 30.3 Å². The molecule has 0 saturated carbocycles. The zero-order valence-electron chi connectivity index (χ0n) is 16.6. The lowest BCUT2D eigenvalue weighted by Crippen LogP contribution is -2.56. The first-order chi connectivity index (χ1) is 13.3. The Bertz CT molecular complexity index is 636. The molecule has 0 heterocycles. The summed E-state index contributed by atoms with van der Waals surface area (Å²) in [5, 5.41) is 15.2. The molecule has 2 amide bonds. The maximum atomic E-state index is 12.8. The van der Waals surface area contributed by atoms with Crippen molar-refractivity contribution in [3.8, 4) is 0 Å². The van der Waals surface area contributed by atoms with Gasteiger partial charge in [0.2, 0.25) is 11.8 Å². The van der Waals surface area contributed by atoms with Crippen LogP contribution in [0, 0.1) is 5.92 Å². The van der Waals surface area contributed by atoms with E-state index in [2.05, 4.69) is 10.6 Å². The molecule has 1 aromatic rings. The Morgan fingerprint density at radius 1 is 1.00 bits per heavy atom. The van der Waals surface area contributed by atoms with Crippen LogP contribution in [0.15, 0.2) is 30.3 Å². The molecule has 1 aromatic carbocycles. The van der Waals surface area contributed by atoms with Gasteiger partial charge in [-0.15, -0.1) is 0 Å². The molecule has 4 atom stereocenters. The molecule has 28 heavy (non-hydrogen) atoms. The number of ketones is 1. The highest BCUT2D eigenvalue weighted by Crippen LogP contribution is 2.13. The molecule has 0 spiro atoms. The Labute approximate surface area is 166 Å². The summed E-state index contributed by atoms with van der Waals surface area (Å²) in [6, 6.07) is 7.57. The first-order valence-corrected chi connectivity index (χ1v) is 9.53. The fourth-order valence-corrected chi connectivity index (χ4v) is 2.91. The van der Waals surface area contributed by atoms with Crippen molar-refractivity contribution in [2.24, 2.45) is 17.4 Å². The Morgan fingerprint density at radius 3 is 2.11 bits per heavy atom. The number of nitrogens with two attached hydrogens (primary N) is 2. The van der Waals surface area contributed by atoms with E-state index >= 15 is 0 Å². The minimum absolute atomic E-state index is 0.228. The van der Waals surface area contributed by atoms with E-state index in [4.69, 9.17) is 11.5 Å². The summed E-state index contributed by atoms with van der Waals surface area (Å²) in [4.78, 5) is 36.9. The third kappa shape index (κ3) is 7.75. The Hall–Kier alpha value is -2.29. The van der Waals surface area contributed by atoms with E-state index in [0.29, 0.717) is 19.4 Å². The monoisotopic (exact) mass is 392 g/mol. The van der Waals surface area contributed by atoms with Crippen molar-refractivity contribution in [3.05, 3.63) is 35.9 Å². The lowest BCUT2D eigenvalue weighted by molar-refractivity contribution is -0.135. The van der Waals surface area contributed by atoms with Gasteiger partial charge in [0, 0.05) is 5.92 Å². The number of benzene rings is 1. The number of hydrogen-bond acceptors (Lipinski definition) is 6. The molecule has 8 nitrogen and oxygen atoms in total. The average molecular weight is 393 g/mol. The van der Waals surface area contributed by atoms with Crippen molar-refractivity contribution in [1.29, 1.82) is 0 Å². The molecule has 0 bridgehead atoms. The molecular weight excluding hydrogens is 360 g/mol. The van der Waals surface area contributed by atoms with E-state index < -0.39 is 30.0 Å². The summed E-state index contributed by atoms with van der Waals surface area (Å²) in [5.74, 6) is -1.66. The number of carbonyl (C=O) groups excluding carboxylic acids is 3. The number of carbonyl (C=O) groups is 3. The molecule has 0 radical (unpaired) electrons. The molecule has 0 saturated heterocycles. The van der Waals surface area contributed by atoms with Gasteiger partial charge in [0.05, 0.1) is 12.1 Å². The molecule has 0 aliphatic heterocycles. The number of aliphatic hydroxyl groups is 1. The number of aliphatic hydroxyl groups excluding tert-OH is 1. The lowest BCUT2D eigenvalue weighted by Gasteiger charge is -2.26. The van der Waals surface area contributed by atoms with Gasteiger partial charge in [-0.2, -0.15) is 0 Å². The minimum atomic E-state index is -1.18. The van der Waals surface area contributed by atoms with Gasteiger partial charge < -0.3 is 27.2 Å². The van der Waals surface area contributed by atoms with Crippen LogP contribution in [0.3, 0.4) is 0 Å². The SMILES string of the molecule is CC(=O)[C@H](CCN)NC(=O)[C@@H](NC(=O)C(CCN)Cc1ccccc1)C(C)O. The van der Waals surface area contributed by atoms with Crippen LogP contribution in [-0.2, 0) is 20.8 Å². The van der Waals surface area contributed by atoms with E-state index in [1.165, 1.54) is 13.8 Å². The van der Waals surface area contributed by atoms with Gasteiger partial charge >= 0.3 is 0 Å². The first-order valence-electron chi connectivity index (χ1n) is 9.53. The maximum absolute atomic E-state index is 12.8. The average Bonchev–Trinajstić information content (AvgIpc) is 2.65. The zero-order valence-corrected chi connectivity index (χ0v) is 16.6. The van der Waals surface area contributed by atoms with Gasteiger partial charge in [-0.25, -0.2) is 0 Å². The van der Waals surface area contributed by atoms with Gasteiger partial charge in [0.1, 0.15) is 6.04 Å². The van der Waals surface area contributed by atoms with Gasteiger partial charge in [-0.1, -0.05) is 30.3 Å². The normalized spacial score (nSPS) is 15.2. The Balaban J connectivity index is 2.85. The van der Waals surface area contributed by atoms with E-state index in [-0.39, 0.29) is 24.7 Å². The van der Waals surface area contributed by atoms with Crippen LogP contribution in [0.25, 0.3) is 0 Å². The van der Waals surface area contributed by atoms with Crippen molar-refractivity contribution in [3.63, 3.8) is 0 Å². The predicted octanol–water partition coefficient (Wildman–Crippen LogP) is -0.518. The zero-order chi connectivity index (χ0) is 21.1. The minimum Gasteiger partial charge on any atom is -0.391 e. The van der Waals surface area contributed by atoms with Crippen LogP contribution >= 0.6 is 0 Å². The third-order valence-corrected chi connectivity index (χ3v) is 4.54. The number of amides is 2. The van der Waals surface area contributed by atoms with Crippen molar-refractivity contribution in [1.82, 2.24) is 10.6 Å². The van der Waals surface area contributed by atoms with Crippen molar-refractivity contribution in [2.45, 2.75) is 51.3 Å². The van der Waals surface area contributed by atoms with Crippen molar-refractivity contribution in [2.75, 3.05) is 13.1 Å². The first kappa shape index (κ1) is 23.7. The molecule has 0 aliphatic carbocycles. The van der Waals surface area contributed by atoms with E-state index in [9.17, 15) is 19.5 Å². The lowest BCUT2D eigenvalue weighted by atomic mass is 9.94. The van der Waals surface area contributed by atoms with Crippen LogP contribution in [-0.4, -0.2) is 54.0 Å². The second-order valence-corrected chi connectivity index (χ2v) is 6.94. The van der Waals surface area contributed by atoms with Crippen molar-refractivity contribution < 1.29 is 19.5 Å². The molecule has 1 rings (SSSR count). The number of nitrogens with one attached hydrogen (secondary N) is 2. The largest absolute Gasteiger partial charge is 0.391 e. The standard InChI is InChI=1S/C20H32N4O4/c1-13(25)17(9-11-22)23-20(28)18(14(2)26)24-19(27)16(8-10-21)12-15-6-4-3-5-7-15/h3-7,14,16-18,26H,8-12,21-22H2,1-2H3,(H,23,28)(H,24,27)/t14?,16?,17-,18-/m0/s1. The van der Waals surface area contributed by atoms with Crippen LogP contribution in [0.2, 0.25) is 0 Å². The second kappa shape index (κ2) is 12.2. The summed E-state index contributed by atoms with van der Waals surface area (Å²) in [5.41, 5.74) is 12.1. The summed E-state index contributed by atoms with van der Waals surface area (Å²) in [6.45, 7) is 3.31. The van der Waals surface area contributed by atoms with E-state index in [1.54, 1.807) is 0 Å². The fraction of sp³-hybridized carbons (Fsp3) is 0.550. The van der Waals surface area contributed by atoms with Gasteiger partial charge in [0.25, 0.3) is 0 Å². The second-order valence-electron chi connectivity index (χ2n) is 6.94. The van der Waals surface area contributed by atoms with Crippen LogP contribution in [0.1, 0.15) is 32.3 Å². The Morgan fingerprint density at radius 2 is 1.61 bits per heavy atom. The summed E-state index contributed by atoms with van der Waals surface area (Å²) in [7, 11) is 0. The number of rotatable bonds is 12. The van der Waals surface area contributed by atoms with E-state index in [0.717, 1.165) is 5.56 Å². The molecule has 8 heteroatoms. The molecule has 7 N–H and O–H groups in total. The molecule has 0 aromatic heterocycles. The van der Waals surface area contributed by atoms with Crippen LogP contribution in [0.4, 0.5) is 0 Å². The van der Waals surface area contributed by atoms with Crippen LogP contribution in [0.5, 0.6) is 0 Å². The van der Waals surface area contributed by atoms with Crippen LogP contribution < -0.4 is 22.1 Å². The molecule has 2 unspecified atom stereocenters. The highest BCUT2D eigenvalue weighted by Gasteiger charge is 2.30. The van der Waals surface area contributed by atoms with Gasteiger partial charge in [-0.05, 0) is 51.8 Å². The predicted molar refractivity (Wildman–Crippen MR) is 107 cm³/mol. The fourth-order valence-electron chi connectivity index (χ4n) is 2.91. The molecule has 0 aliphatic rings. The highest BCUT2D eigenvalue weighted by atomic mass is 16.3. The topological polar surface area (TPSA) is 148 Å². The molecule has 0 fully saturated rings. The molecule has 156 valence electrons. The smallest absolute Gasteiger partial charge is 0.245 e. The molecular formula is C20H32N4O4. The van der Waals surface area contributed by atoms with Gasteiger partial charge in [-0.3, -0.25) is 14.4 Å². The van der Waals surface area contributed by atoms with Gasteiger partial charge in [0.15, 0.2) is 5.78 Å². The summed E-state index contributed by atoms with van der Waals surface area (Å²) in [6.07, 6.45) is 0.0646.